The number of rotatable bonds is 7. The molecule has 0 bridgehead atoms. The van der Waals surface area contributed by atoms with Crippen LogP contribution in [0.2, 0.25) is 5.02 Å². The molecular formula is C19H26ClN5OS. The minimum atomic E-state index is 0.00191. The van der Waals surface area contributed by atoms with E-state index in [4.69, 9.17) is 11.6 Å². The Morgan fingerprint density at radius 1 is 1.33 bits per heavy atom. The van der Waals surface area contributed by atoms with E-state index < -0.39 is 0 Å². The summed E-state index contributed by atoms with van der Waals surface area (Å²) in [4.78, 5) is 14.5. The van der Waals surface area contributed by atoms with Gasteiger partial charge in [0.2, 0.25) is 5.91 Å². The van der Waals surface area contributed by atoms with E-state index in [1.165, 1.54) is 6.42 Å². The molecule has 0 radical (unpaired) electrons. The Morgan fingerprint density at radius 3 is 2.96 bits per heavy atom. The molecular weight excluding hydrogens is 382 g/mol. The van der Waals surface area contributed by atoms with E-state index in [-0.39, 0.29) is 11.9 Å². The summed E-state index contributed by atoms with van der Waals surface area (Å²) >= 11 is 7.66. The highest BCUT2D eigenvalue weighted by atomic mass is 35.5. The van der Waals surface area contributed by atoms with Gasteiger partial charge in [0, 0.05) is 30.8 Å². The van der Waals surface area contributed by atoms with Gasteiger partial charge < -0.3 is 9.88 Å². The molecule has 1 atom stereocenters. The van der Waals surface area contributed by atoms with Crippen molar-refractivity contribution in [1.82, 2.24) is 25.0 Å². The smallest absolute Gasteiger partial charge is 0.237 e. The van der Waals surface area contributed by atoms with Crippen LogP contribution in [0, 0.1) is 0 Å². The van der Waals surface area contributed by atoms with Gasteiger partial charge in [0.15, 0.2) is 5.16 Å². The first-order valence-electron chi connectivity index (χ1n) is 9.28. The lowest BCUT2D eigenvalue weighted by Crippen LogP contribution is -2.48. The van der Waals surface area contributed by atoms with E-state index in [1.807, 2.05) is 42.9 Å². The number of carbonyl (C=O) groups excluding carboxylic acids is 1. The molecule has 1 aromatic heterocycles. The maximum atomic E-state index is 12.4. The van der Waals surface area contributed by atoms with Crippen molar-refractivity contribution in [2.45, 2.75) is 42.6 Å². The standard InChI is InChI=1S/C19H26ClN5OS/c1-24-11-4-3-8-16(24)18(26)21-10-9-17-22-23-19(25(17)2)27-13-14-6-5-7-15(20)12-14/h5-7,12,16H,3-4,8-11,13H2,1-2H3,(H,21,26)/t16-/m1/s1. The predicted molar refractivity (Wildman–Crippen MR) is 109 cm³/mol. The lowest BCUT2D eigenvalue weighted by molar-refractivity contribution is -0.126. The van der Waals surface area contributed by atoms with Crippen molar-refractivity contribution in [2.75, 3.05) is 20.1 Å². The van der Waals surface area contributed by atoms with E-state index in [0.29, 0.717) is 13.0 Å². The van der Waals surface area contributed by atoms with Crippen LogP contribution in [0.15, 0.2) is 29.4 Å². The molecule has 1 fully saturated rings. The molecule has 0 unspecified atom stereocenters. The highest BCUT2D eigenvalue weighted by Gasteiger charge is 2.25. The number of amides is 1. The first-order valence-corrected chi connectivity index (χ1v) is 10.6. The van der Waals surface area contributed by atoms with Gasteiger partial charge in [-0.05, 0) is 44.1 Å². The maximum Gasteiger partial charge on any atom is 0.237 e. The third-order valence-corrected chi connectivity index (χ3v) is 6.23. The Bertz CT molecular complexity index is 781. The first kappa shape index (κ1) is 20.2. The topological polar surface area (TPSA) is 63.1 Å². The average Bonchev–Trinajstić information content (AvgIpc) is 3.00. The van der Waals surface area contributed by atoms with E-state index >= 15 is 0 Å². The molecule has 1 aliphatic rings. The van der Waals surface area contributed by atoms with E-state index in [9.17, 15) is 4.79 Å². The number of thioether (sulfide) groups is 1. The summed E-state index contributed by atoms with van der Waals surface area (Å²) in [6.45, 7) is 1.57. The number of halogens is 1. The number of likely N-dealkylation sites (tertiary alicyclic amines) is 1. The highest BCUT2D eigenvalue weighted by molar-refractivity contribution is 7.98. The van der Waals surface area contributed by atoms with Gasteiger partial charge in [-0.1, -0.05) is 41.9 Å². The van der Waals surface area contributed by atoms with Crippen LogP contribution in [0.5, 0.6) is 0 Å². The molecule has 8 heteroatoms. The number of nitrogens with one attached hydrogen (secondary N) is 1. The fourth-order valence-electron chi connectivity index (χ4n) is 3.28. The third-order valence-electron chi connectivity index (χ3n) is 4.90. The number of aromatic nitrogens is 3. The zero-order valence-corrected chi connectivity index (χ0v) is 17.4. The van der Waals surface area contributed by atoms with Crippen molar-refractivity contribution < 1.29 is 4.79 Å². The second kappa shape index (κ2) is 9.57. The SMILES string of the molecule is CN1CCCC[C@@H]1C(=O)NCCc1nnc(SCc2cccc(Cl)c2)n1C. The van der Waals surface area contributed by atoms with Gasteiger partial charge in [-0.15, -0.1) is 10.2 Å². The molecule has 3 rings (SSSR count). The van der Waals surface area contributed by atoms with Crippen molar-refractivity contribution in [2.24, 2.45) is 7.05 Å². The zero-order chi connectivity index (χ0) is 19.2. The van der Waals surface area contributed by atoms with Crippen molar-refractivity contribution >= 4 is 29.3 Å². The average molecular weight is 408 g/mol. The Kier molecular flexibility index (Phi) is 7.15. The van der Waals surface area contributed by atoms with E-state index in [1.54, 1.807) is 11.8 Å². The zero-order valence-electron chi connectivity index (χ0n) is 15.8. The van der Waals surface area contributed by atoms with Crippen LogP contribution in [0.1, 0.15) is 30.7 Å². The Balaban J connectivity index is 1.48. The van der Waals surface area contributed by atoms with Gasteiger partial charge >= 0.3 is 0 Å². The fraction of sp³-hybridized carbons (Fsp3) is 0.526. The number of piperidine rings is 1. The van der Waals surface area contributed by atoms with Gasteiger partial charge in [-0.25, -0.2) is 0 Å². The maximum absolute atomic E-state index is 12.4. The molecule has 146 valence electrons. The van der Waals surface area contributed by atoms with E-state index in [0.717, 1.165) is 46.7 Å². The second-order valence-electron chi connectivity index (χ2n) is 6.91. The largest absolute Gasteiger partial charge is 0.354 e. The van der Waals surface area contributed by atoms with Gasteiger partial charge in [-0.2, -0.15) is 0 Å². The summed E-state index contributed by atoms with van der Waals surface area (Å²) in [7, 11) is 3.99. The van der Waals surface area contributed by atoms with Crippen LogP contribution in [-0.2, 0) is 24.0 Å². The van der Waals surface area contributed by atoms with Gasteiger partial charge in [-0.3, -0.25) is 9.69 Å². The summed E-state index contributed by atoms with van der Waals surface area (Å²) in [6.07, 6.45) is 3.91. The minimum absolute atomic E-state index is 0.00191. The number of hydrogen-bond acceptors (Lipinski definition) is 5. The third kappa shape index (κ3) is 5.46. The van der Waals surface area contributed by atoms with Crippen LogP contribution < -0.4 is 5.32 Å². The molecule has 1 aromatic carbocycles. The summed E-state index contributed by atoms with van der Waals surface area (Å²) in [5.74, 6) is 1.79. The molecule has 2 heterocycles. The lowest BCUT2D eigenvalue weighted by atomic mass is 10.0. The monoisotopic (exact) mass is 407 g/mol. The number of benzene rings is 1. The normalized spacial score (nSPS) is 17.8. The molecule has 6 nitrogen and oxygen atoms in total. The molecule has 2 aromatic rings. The van der Waals surface area contributed by atoms with E-state index in [2.05, 4.69) is 20.4 Å². The summed E-state index contributed by atoms with van der Waals surface area (Å²) in [6, 6.07) is 7.84. The fourth-order valence-corrected chi connectivity index (χ4v) is 4.37. The number of hydrogen-bond donors (Lipinski definition) is 1. The predicted octanol–water partition coefficient (Wildman–Crippen LogP) is 2.90. The molecule has 0 saturated carbocycles. The van der Waals surface area contributed by atoms with Crippen molar-refractivity contribution in [1.29, 1.82) is 0 Å². The lowest BCUT2D eigenvalue weighted by Gasteiger charge is -2.31. The number of nitrogens with zero attached hydrogens (tertiary/aromatic N) is 4. The summed E-state index contributed by atoms with van der Waals surface area (Å²) < 4.78 is 1.99. The van der Waals surface area contributed by atoms with Gasteiger partial charge in [0.25, 0.3) is 0 Å². The molecule has 0 aliphatic carbocycles. The number of likely N-dealkylation sites (N-methyl/N-ethyl adjacent to an activating group) is 1. The number of carbonyl (C=O) groups is 1. The van der Waals surface area contributed by atoms with Crippen LogP contribution in [0.3, 0.4) is 0 Å². The van der Waals surface area contributed by atoms with Crippen molar-refractivity contribution in [3.05, 3.63) is 40.7 Å². The quantitative estimate of drug-likeness (QED) is 0.715. The minimum Gasteiger partial charge on any atom is -0.354 e. The Morgan fingerprint density at radius 2 is 2.19 bits per heavy atom. The van der Waals surface area contributed by atoms with Crippen molar-refractivity contribution in [3.63, 3.8) is 0 Å². The second-order valence-corrected chi connectivity index (χ2v) is 8.29. The molecule has 1 saturated heterocycles. The summed E-state index contributed by atoms with van der Waals surface area (Å²) in [5, 5.41) is 13.2. The molecule has 0 spiro atoms. The molecule has 27 heavy (non-hydrogen) atoms. The van der Waals surface area contributed by atoms with Crippen LogP contribution in [-0.4, -0.2) is 51.8 Å². The van der Waals surface area contributed by atoms with Gasteiger partial charge in [0.05, 0.1) is 6.04 Å². The van der Waals surface area contributed by atoms with Crippen LogP contribution in [0.4, 0.5) is 0 Å². The van der Waals surface area contributed by atoms with Gasteiger partial charge in [0.1, 0.15) is 5.82 Å². The van der Waals surface area contributed by atoms with Crippen LogP contribution >= 0.6 is 23.4 Å². The molecule has 1 aliphatic heterocycles. The van der Waals surface area contributed by atoms with Crippen LogP contribution in [0.25, 0.3) is 0 Å². The Labute approximate surface area is 169 Å². The molecule has 1 N–H and O–H groups in total. The van der Waals surface area contributed by atoms with Crippen molar-refractivity contribution in [3.8, 4) is 0 Å². The molecule has 1 amide bonds. The first-order chi connectivity index (χ1) is 13.0. The Hall–Kier alpha value is -1.57. The summed E-state index contributed by atoms with van der Waals surface area (Å²) in [5.41, 5.74) is 1.15. The highest BCUT2D eigenvalue weighted by Crippen LogP contribution is 2.22.